The smallest absolute Gasteiger partial charge is 0.0899 e. The van der Waals surface area contributed by atoms with Crippen LogP contribution in [0.4, 0.5) is 0 Å². The molecule has 2 heteroatoms. The number of rotatable bonds is 4. The third-order valence-corrected chi connectivity index (χ3v) is 3.09. The average Bonchev–Trinajstić information content (AvgIpc) is 2.27. The molecule has 4 N–H and O–H groups in total. The van der Waals surface area contributed by atoms with Crippen LogP contribution in [0.25, 0.3) is 0 Å². The van der Waals surface area contributed by atoms with Crippen molar-refractivity contribution in [3.8, 4) is 0 Å². The van der Waals surface area contributed by atoms with Crippen LogP contribution in [0.2, 0.25) is 0 Å². The zero-order chi connectivity index (χ0) is 11.5. The summed E-state index contributed by atoms with van der Waals surface area (Å²) in [7, 11) is 0. The van der Waals surface area contributed by atoms with Gasteiger partial charge in [0.05, 0.1) is 5.66 Å². The molecule has 0 saturated carbocycles. The highest BCUT2D eigenvalue weighted by molar-refractivity contribution is 5.39. The van der Waals surface area contributed by atoms with Gasteiger partial charge in [0.25, 0.3) is 0 Å². The third kappa shape index (κ3) is 2.39. The van der Waals surface area contributed by atoms with Gasteiger partial charge in [0.15, 0.2) is 0 Å². The SMILES string of the molecule is CCc1cccc(C(N)(N)CC)c1CC. The van der Waals surface area contributed by atoms with Gasteiger partial charge in [-0.25, -0.2) is 0 Å². The van der Waals surface area contributed by atoms with Crippen molar-refractivity contribution < 1.29 is 0 Å². The van der Waals surface area contributed by atoms with E-state index in [1.54, 1.807) is 0 Å². The van der Waals surface area contributed by atoms with Crippen LogP contribution in [0, 0.1) is 0 Å². The molecule has 1 aromatic carbocycles. The lowest BCUT2D eigenvalue weighted by atomic mass is 9.88. The second-order valence-corrected chi connectivity index (χ2v) is 4.04. The number of benzene rings is 1. The largest absolute Gasteiger partial charge is 0.310 e. The summed E-state index contributed by atoms with van der Waals surface area (Å²) < 4.78 is 0. The maximum absolute atomic E-state index is 6.12. The summed E-state index contributed by atoms with van der Waals surface area (Å²) >= 11 is 0. The Labute approximate surface area is 92.7 Å². The Balaban J connectivity index is 3.29. The van der Waals surface area contributed by atoms with Crippen molar-refractivity contribution in [1.29, 1.82) is 0 Å². The summed E-state index contributed by atoms with van der Waals surface area (Å²) in [4.78, 5) is 0. The fraction of sp³-hybridized carbons (Fsp3) is 0.538. The van der Waals surface area contributed by atoms with Gasteiger partial charge in [0.2, 0.25) is 0 Å². The highest BCUT2D eigenvalue weighted by Crippen LogP contribution is 2.24. The summed E-state index contributed by atoms with van der Waals surface area (Å²) in [5.41, 5.74) is 15.3. The standard InChI is InChI=1S/C13H22N2/c1-4-10-8-7-9-12(11(10)5-2)13(14,15)6-3/h7-9H,4-6,14-15H2,1-3H3. The number of nitrogens with two attached hydrogens (primary N) is 2. The predicted molar refractivity (Wildman–Crippen MR) is 65.5 cm³/mol. The summed E-state index contributed by atoms with van der Waals surface area (Å²) in [5, 5.41) is 0. The lowest BCUT2D eigenvalue weighted by molar-refractivity contribution is 0.443. The second-order valence-electron chi connectivity index (χ2n) is 4.04. The fourth-order valence-corrected chi connectivity index (χ4v) is 2.01. The molecule has 1 rings (SSSR count). The van der Waals surface area contributed by atoms with E-state index in [4.69, 9.17) is 11.5 Å². The molecule has 0 aromatic heterocycles. The first kappa shape index (κ1) is 12.2. The van der Waals surface area contributed by atoms with Gasteiger partial charge in [0, 0.05) is 0 Å². The Morgan fingerprint density at radius 1 is 1.07 bits per heavy atom. The van der Waals surface area contributed by atoms with E-state index in [0.29, 0.717) is 0 Å². The summed E-state index contributed by atoms with van der Waals surface area (Å²) in [5.74, 6) is 0. The Kier molecular flexibility index (Phi) is 3.89. The van der Waals surface area contributed by atoms with Crippen molar-refractivity contribution in [2.45, 2.75) is 45.7 Å². The summed E-state index contributed by atoms with van der Waals surface area (Å²) in [6.07, 6.45) is 2.79. The van der Waals surface area contributed by atoms with Crippen LogP contribution >= 0.6 is 0 Å². The summed E-state index contributed by atoms with van der Waals surface area (Å²) in [6, 6.07) is 6.27. The van der Waals surface area contributed by atoms with Crippen molar-refractivity contribution in [2.75, 3.05) is 0 Å². The molecule has 2 nitrogen and oxygen atoms in total. The number of hydrogen-bond acceptors (Lipinski definition) is 2. The van der Waals surface area contributed by atoms with Gasteiger partial charge in [0.1, 0.15) is 0 Å². The molecule has 1 aromatic rings. The van der Waals surface area contributed by atoms with E-state index in [1.165, 1.54) is 11.1 Å². The van der Waals surface area contributed by atoms with Crippen LogP contribution in [0.1, 0.15) is 43.9 Å². The van der Waals surface area contributed by atoms with Gasteiger partial charge in [-0.05, 0) is 36.0 Å². The Hall–Kier alpha value is -0.860. The summed E-state index contributed by atoms with van der Waals surface area (Å²) in [6.45, 7) is 6.35. The molecule has 15 heavy (non-hydrogen) atoms. The highest BCUT2D eigenvalue weighted by Gasteiger charge is 2.22. The Bertz CT molecular complexity index is 329. The van der Waals surface area contributed by atoms with Crippen molar-refractivity contribution >= 4 is 0 Å². The molecule has 0 amide bonds. The minimum atomic E-state index is -0.684. The normalized spacial score (nSPS) is 11.8. The minimum Gasteiger partial charge on any atom is -0.310 e. The van der Waals surface area contributed by atoms with Gasteiger partial charge in [-0.3, -0.25) is 0 Å². The second kappa shape index (κ2) is 4.77. The molecule has 0 atom stereocenters. The molecule has 0 aliphatic carbocycles. The molecule has 0 fully saturated rings. The third-order valence-electron chi connectivity index (χ3n) is 3.09. The molecule has 0 heterocycles. The molecule has 0 aliphatic rings. The van der Waals surface area contributed by atoms with Gasteiger partial charge >= 0.3 is 0 Å². The van der Waals surface area contributed by atoms with Gasteiger partial charge < -0.3 is 11.5 Å². The van der Waals surface area contributed by atoms with Crippen molar-refractivity contribution in [1.82, 2.24) is 0 Å². The molecule has 84 valence electrons. The lowest BCUT2D eigenvalue weighted by Crippen LogP contribution is -2.46. The van der Waals surface area contributed by atoms with Gasteiger partial charge in [-0.2, -0.15) is 0 Å². The molecule has 0 spiro atoms. The van der Waals surface area contributed by atoms with E-state index in [9.17, 15) is 0 Å². The molecule has 0 saturated heterocycles. The van der Waals surface area contributed by atoms with Crippen molar-refractivity contribution in [3.63, 3.8) is 0 Å². The van der Waals surface area contributed by atoms with Crippen LogP contribution in [-0.4, -0.2) is 0 Å². The zero-order valence-electron chi connectivity index (χ0n) is 10.0. The quantitative estimate of drug-likeness (QED) is 0.743. The van der Waals surface area contributed by atoms with E-state index in [0.717, 1.165) is 24.8 Å². The van der Waals surface area contributed by atoms with E-state index in [1.807, 2.05) is 6.92 Å². The number of hydrogen-bond donors (Lipinski definition) is 2. The van der Waals surface area contributed by atoms with E-state index < -0.39 is 5.66 Å². The highest BCUT2D eigenvalue weighted by atomic mass is 14.9. The lowest BCUT2D eigenvalue weighted by Gasteiger charge is -2.27. The molecule has 0 unspecified atom stereocenters. The zero-order valence-corrected chi connectivity index (χ0v) is 10.0. The van der Waals surface area contributed by atoms with E-state index >= 15 is 0 Å². The molecule has 0 radical (unpaired) electrons. The molecular formula is C13H22N2. The van der Waals surface area contributed by atoms with Crippen LogP contribution in [0.15, 0.2) is 18.2 Å². The fourth-order valence-electron chi connectivity index (χ4n) is 2.01. The monoisotopic (exact) mass is 206 g/mol. The van der Waals surface area contributed by atoms with Crippen molar-refractivity contribution in [2.24, 2.45) is 11.5 Å². The van der Waals surface area contributed by atoms with Crippen LogP contribution < -0.4 is 11.5 Å². The van der Waals surface area contributed by atoms with E-state index in [2.05, 4.69) is 32.0 Å². The first-order valence-electron chi connectivity index (χ1n) is 5.75. The van der Waals surface area contributed by atoms with Crippen molar-refractivity contribution in [3.05, 3.63) is 34.9 Å². The maximum atomic E-state index is 6.12. The first-order chi connectivity index (χ1) is 7.06. The number of aryl methyl sites for hydroxylation is 1. The minimum absolute atomic E-state index is 0.684. The average molecular weight is 206 g/mol. The maximum Gasteiger partial charge on any atom is 0.0899 e. The van der Waals surface area contributed by atoms with Gasteiger partial charge in [-0.1, -0.05) is 39.0 Å². The van der Waals surface area contributed by atoms with Crippen LogP contribution in [-0.2, 0) is 18.5 Å². The van der Waals surface area contributed by atoms with Gasteiger partial charge in [-0.15, -0.1) is 0 Å². The molecule has 0 aliphatic heterocycles. The van der Waals surface area contributed by atoms with E-state index in [-0.39, 0.29) is 0 Å². The Morgan fingerprint density at radius 3 is 2.20 bits per heavy atom. The topological polar surface area (TPSA) is 52.0 Å². The first-order valence-corrected chi connectivity index (χ1v) is 5.75. The molecule has 0 bridgehead atoms. The van der Waals surface area contributed by atoms with Crippen LogP contribution in [0.5, 0.6) is 0 Å². The van der Waals surface area contributed by atoms with Crippen LogP contribution in [0.3, 0.4) is 0 Å². The molecular weight excluding hydrogens is 184 g/mol. The Morgan fingerprint density at radius 2 is 1.73 bits per heavy atom. The predicted octanol–water partition coefficient (Wildman–Crippen LogP) is 2.29.